The number of carbonyl (C=O) groups is 1. The van der Waals surface area contributed by atoms with Crippen molar-refractivity contribution in [2.45, 2.75) is 20.4 Å². The quantitative estimate of drug-likeness (QED) is 0.393. The molecule has 4 aromatic rings. The van der Waals surface area contributed by atoms with E-state index in [9.17, 15) is 4.79 Å². The molecule has 0 N–H and O–H groups in total. The molecule has 2 aromatic carbocycles. The maximum atomic E-state index is 12.3. The maximum Gasteiger partial charge on any atom is 0.417 e. The van der Waals surface area contributed by atoms with Crippen LogP contribution in [0.25, 0.3) is 22.0 Å². The molecule has 0 fully saturated rings. The molecule has 0 spiro atoms. The van der Waals surface area contributed by atoms with Gasteiger partial charge in [-0.1, -0.05) is 24.3 Å². The van der Waals surface area contributed by atoms with Crippen molar-refractivity contribution in [1.82, 2.24) is 14.9 Å². The second kappa shape index (κ2) is 9.51. The molecular weight excluding hydrogens is 404 g/mol. The third kappa shape index (κ3) is 4.56. The first kappa shape index (κ1) is 21.4. The summed E-state index contributed by atoms with van der Waals surface area (Å²) in [4.78, 5) is 25.0. The smallest absolute Gasteiger partial charge is 0.417 e. The number of benzene rings is 2. The van der Waals surface area contributed by atoms with Crippen LogP contribution in [0.2, 0.25) is 0 Å². The molecule has 32 heavy (non-hydrogen) atoms. The fourth-order valence-electron chi connectivity index (χ4n) is 3.67. The SMILES string of the molecule is CCN(CC)c1ncnc2ccc(-c3cccc(CN(C)C(=O)Oc4ccco4)c3)cc12. The Kier molecular flexibility index (Phi) is 6.35. The number of nitrogens with zero attached hydrogens (tertiary/aromatic N) is 4. The summed E-state index contributed by atoms with van der Waals surface area (Å²) in [5, 5.41) is 1.03. The van der Waals surface area contributed by atoms with E-state index < -0.39 is 6.09 Å². The lowest BCUT2D eigenvalue weighted by Crippen LogP contribution is -2.29. The van der Waals surface area contributed by atoms with Crippen LogP contribution >= 0.6 is 0 Å². The van der Waals surface area contributed by atoms with Gasteiger partial charge in [0.05, 0.1) is 11.8 Å². The summed E-state index contributed by atoms with van der Waals surface area (Å²) in [6.45, 7) is 6.41. The average Bonchev–Trinajstić information content (AvgIpc) is 3.33. The average molecular weight is 431 g/mol. The highest BCUT2D eigenvalue weighted by Gasteiger charge is 2.14. The Labute approximate surface area is 187 Å². The van der Waals surface area contributed by atoms with Crippen molar-refractivity contribution in [2.24, 2.45) is 0 Å². The number of hydrogen-bond donors (Lipinski definition) is 0. The zero-order valence-corrected chi connectivity index (χ0v) is 18.5. The number of furan rings is 1. The minimum absolute atomic E-state index is 0.179. The molecule has 0 radical (unpaired) electrons. The van der Waals surface area contributed by atoms with Crippen molar-refractivity contribution >= 4 is 22.8 Å². The molecule has 7 heteroatoms. The number of amides is 1. The van der Waals surface area contributed by atoms with Gasteiger partial charge < -0.3 is 19.0 Å². The van der Waals surface area contributed by atoms with Gasteiger partial charge in [0.1, 0.15) is 12.1 Å². The van der Waals surface area contributed by atoms with Crippen LogP contribution in [0, 0.1) is 0 Å². The first-order valence-electron chi connectivity index (χ1n) is 10.6. The third-order valence-corrected chi connectivity index (χ3v) is 5.35. The summed E-state index contributed by atoms with van der Waals surface area (Å²) in [6.07, 6.45) is 2.61. The molecule has 7 nitrogen and oxygen atoms in total. The number of carbonyl (C=O) groups excluding carboxylic acids is 1. The van der Waals surface area contributed by atoms with Gasteiger partial charge in [-0.3, -0.25) is 0 Å². The number of fused-ring (bicyclic) bond motifs is 1. The summed E-state index contributed by atoms with van der Waals surface area (Å²) in [7, 11) is 1.70. The van der Waals surface area contributed by atoms with Gasteiger partial charge in [0.2, 0.25) is 0 Å². The predicted octanol–water partition coefficient (Wildman–Crippen LogP) is 5.37. The summed E-state index contributed by atoms with van der Waals surface area (Å²) in [5.74, 6) is 1.12. The van der Waals surface area contributed by atoms with Gasteiger partial charge in [0, 0.05) is 38.1 Å². The molecule has 0 aliphatic heterocycles. The summed E-state index contributed by atoms with van der Waals surface area (Å²) in [5.41, 5.74) is 4.05. The number of ether oxygens (including phenoxy) is 1. The van der Waals surface area contributed by atoms with Crippen LogP contribution in [0.5, 0.6) is 5.95 Å². The van der Waals surface area contributed by atoms with Crippen LogP contribution in [-0.2, 0) is 6.54 Å². The Bertz CT molecular complexity index is 1200. The molecule has 0 saturated carbocycles. The third-order valence-electron chi connectivity index (χ3n) is 5.35. The van der Waals surface area contributed by atoms with Crippen molar-refractivity contribution in [3.05, 3.63) is 72.8 Å². The lowest BCUT2D eigenvalue weighted by atomic mass is 10.0. The summed E-state index contributed by atoms with van der Waals surface area (Å²) in [6, 6.07) is 17.6. The fourth-order valence-corrected chi connectivity index (χ4v) is 3.67. The Hall–Kier alpha value is -3.87. The van der Waals surface area contributed by atoms with Gasteiger partial charge in [0.15, 0.2) is 0 Å². The molecule has 0 saturated heterocycles. The Morgan fingerprint density at radius 2 is 1.81 bits per heavy atom. The molecule has 164 valence electrons. The first-order chi connectivity index (χ1) is 15.6. The molecule has 4 rings (SSSR count). The molecule has 0 atom stereocenters. The first-order valence-corrected chi connectivity index (χ1v) is 10.6. The van der Waals surface area contributed by atoms with Crippen molar-refractivity contribution in [2.75, 3.05) is 25.0 Å². The van der Waals surface area contributed by atoms with E-state index in [0.29, 0.717) is 6.54 Å². The van der Waals surface area contributed by atoms with Gasteiger partial charge in [-0.15, -0.1) is 0 Å². The molecule has 1 amide bonds. The molecule has 2 heterocycles. The zero-order valence-electron chi connectivity index (χ0n) is 18.5. The lowest BCUT2D eigenvalue weighted by molar-refractivity contribution is 0.149. The zero-order chi connectivity index (χ0) is 22.5. The number of hydrogen-bond acceptors (Lipinski definition) is 6. The highest BCUT2D eigenvalue weighted by Crippen LogP contribution is 2.29. The van der Waals surface area contributed by atoms with Crippen LogP contribution in [0.1, 0.15) is 19.4 Å². The number of anilines is 1. The maximum absolute atomic E-state index is 12.3. The lowest BCUT2D eigenvalue weighted by Gasteiger charge is -2.21. The van der Waals surface area contributed by atoms with Gasteiger partial charge in [0.25, 0.3) is 5.95 Å². The second-order valence-electron chi connectivity index (χ2n) is 7.46. The van der Waals surface area contributed by atoms with Crippen molar-refractivity contribution in [1.29, 1.82) is 0 Å². The Morgan fingerprint density at radius 1 is 1.00 bits per heavy atom. The number of rotatable bonds is 7. The molecule has 0 bridgehead atoms. The van der Waals surface area contributed by atoms with E-state index in [1.807, 2.05) is 18.2 Å². The highest BCUT2D eigenvalue weighted by molar-refractivity contribution is 5.93. The Morgan fingerprint density at radius 3 is 2.56 bits per heavy atom. The minimum Gasteiger partial charge on any atom is -0.434 e. The van der Waals surface area contributed by atoms with Crippen LogP contribution in [0.15, 0.2) is 71.6 Å². The van der Waals surface area contributed by atoms with Crippen LogP contribution in [-0.4, -0.2) is 41.1 Å². The van der Waals surface area contributed by atoms with Gasteiger partial charge in [-0.25, -0.2) is 14.8 Å². The van der Waals surface area contributed by atoms with E-state index in [4.69, 9.17) is 9.15 Å². The van der Waals surface area contributed by atoms with Crippen LogP contribution < -0.4 is 9.64 Å². The molecule has 2 aromatic heterocycles. The minimum atomic E-state index is -0.475. The number of aromatic nitrogens is 2. The second-order valence-corrected chi connectivity index (χ2v) is 7.46. The van der Waals surface area contributed by atoms with Crippen molar-refractivity contribution in [3.63, 3.8) is 0 Å². The Balaban J connectivity index is 1.58. The van der Waals surface area contributed by atoms with Crippen molar-refractivity contribution in [3.8, 4) is 17.1 Å². The fraction of sp³-hybridized carbons (Fsp3) is 0.240. The van der Waals surface area contributed by atoms with E-state index in [1.165, 1.54) is 11.2 Å². The summed E-state index contributed by atoms with van der Waals surface area (Å²) >= 11 is 0. The normalized spacial score (nSPS) is 10.8. The van der Waals surface area contributed by atoms with E-state index in [1.54, 1.807) is 25.5 Å². The van der Waals surface area contributed by atoms with Gasteiger partial charge in [-0.2, -0.15) is 0 Å². The van der Waals surface area contributed by atoms with Crippen LogP contribution in [0.3, 0.4) is 0 Å². The van der Waals surface area contributed by atoms with Gasteiger partial charge >= 0.3 is 6.09 Å². The molecule has 0 aliphatic carbocycles. The summed E-state index contributed by atoms with van der Waals surface area (Å²) < 4.78 is 10.3. The van der Waals surface area contributed by atoms with E-state index in [-0.39, 0.29) is 5.95 Å². The monoisotopic (exact) mass is 430 g/mol. The van der Waals surface area contributed by atoms with E-state index in [2.05, 4.69) is 53.0 Å². The van der Waals surface area contributed by atoms with E-state index in [0.717, 1.165) is 46.5 Å². The predicted molar refractivity (Wildman–Crippen MR) is 125 cm³/mol. The molecule has 0 aliphatic rings. The van der Waals surface area contributed by atoms with Crippen LogP contribution in [0.4, 0.5) is 10.6 Å². The molecule has 0 unspecified atom stereocenters. The standard InChI is InChI=1S/C25H26N4O3/c1-4-29(5-2)24-21-15-20(11-12-22(21)26-17-27-24)19-9-6-8-18(14-19)16-28(3)25(30)32-23-10-7-13-31-23/h6-15,17H,4-5,16H2,1-3H3. The van der Waals surface area contributed by atoms with Gasteiger partial charge in [-0.05, 0) is 54.8 Å². The molecular formula is C25H26N4O3. The van der Waals surface area contributed by atoms with E-state index >= 15 is 0 Å². The highest BCUT2D eigenvalue weighted by atomic mass is 16.6. The topological polar surface area (TPSA) is 71.7 Å². The largest absolute Gasteiger partial charge is 0.434 e. The van der Waals surface area contributed by atoms with Crippen molar-refractivity contribution < 1.29 is 13.9 Å².